The van der Waals surface area contributed by atoms with Crippen molar-refractivity contribution in [3.05, 3.63) is 59.4 Å². The third kappa shape index (κ3) is 3.58. The lowest BCUT2D eigenvalue weighted by Gasteiger charge is -2.16. The predicted molar refractivity (Wildman–Crippen MR) is 79.2 cm³/mol. The van der Waals surface area contributed by atoms with Crippen molar-refractivity contribution in [2.75, 3.05) is 0 Å². The van der Waals surface area contributed by atoms with Crippen LogP contribution < -0.4 is 14.7 Å². The molecule has 0 aliphatic carbocycles. The van der Waals surface area contributed by atoms with E-state index in [1.54, 1.807) is 18.2 Å². The lowest BCUT2D eigenvalue weighted by molar-refractivity contribution is -0.613. The second-order valence-corrected chi connectivity index (χ2v) is 10.7. The summed E-state index contributed by atoms with van der Waals surface area (Å²) in [7, 11) is -1.25. The predicted octanol–water partition coefficient (Wildman–Crippen LogP) is 2.44. The van der Waals surface area contributed by atoms with Crippen molar-refractivity contribution in [1.29, 1.82) is 0 Å². The zero-order valence-electron chi connectivity index (χ0n) is 11.6. The molecule has 2 rings (SSSR count). The number of benzene rings is 1. The number of ether oxygens (including phenoxy) is 1. The van der Waals surface area contributed by atoms with Crippen LogP contribution in [-0.2, 0) is 6.61 Å². The molecule has 0 atom stereocenters. The van der Waals surface area contributed by atoms with Gasteiger partial charge < -0.3 is 9.94 Å². The van der Waals surface area contributed by atoms with Crippen molar-refractivity contribution in [1.82, 2.24) is 0 Å². The van der Waals surface area contributed by atoms with Gasteiger partial charge in [-0.3, -0.25) is 0 Å². The van der Waals surface area contributed by atoms with Crippen molar-refractivity contribution in [2.24, 2.45) is 0 Å². The van der Waals surface area contributed by atoms with Gasteiger partial charge in [-0.1, -0.05) is 49.1 Å². The fraction of sp³-hybridized carbons (Fsp3) is 0.267. The quantitative estimate of drug-likeness (QED) is 0.487. The molecular weight excluding hydrogens is 254 g/mol. The summed E-state index contributed by atoms with van der Waals surface area (Å²) in [6, 6.07) is 13.6. The Morgan fingerprint density at radius 3 is 2.32 bits per heavy atom. The summed E-state index contributed by atoms with van der Waals surface area (Å²) < 4.78 is 6.24. The largest absolute Gasteiger partial charge is 0.616 e. The smallest absolute Gasteiger partial charge is 0.379 e. The minimum atomic E-state index is -1.25. The standard InChI is InChI=1S/C15H19NO2Si/c1-19(2,3)14-9-7-13(8-10-14)12-18-15-6-4-5-11-16(15)17/h4-11H,12H2,1-3H3. The van der Waals surface area contributed by atoms with E-state index in [9.17, 15) is 5.21 Å². The highest BCUT2D eigenvalue weighted by atomic mass is 28.3. The van der Waals surface area contributed by atoms with E-state index in [0.29, 0.717) is 12.5 Å². The fourth-order valence-corrected chi connectivity index (χ4v) is 2.95. The molecule has 0 spiro atoms. The van der Waals surface area contributed by atoms with Crippen LogP contribution in [0.1, 0.15) is 5.56 Å². The molecule has 0 unspecified atom stereocenters. The Morgan fingerprint density at radius 2 is 1.74 bits per heavy atom. The number of rotatable bonds is 4. The summed E-state index contributed by atoms with van der Waals surface area (Å²) in [5.74, 6) is 0.330. The summed E-state index contributed by atoms with van der Waals surface area (Å²) in [6.45, 7) is 7.38. The monoisotopic (exact) mass is 273 g/mol. The Bertz CT molecular complexity index is 547. The van der Waals surface area contributed by atoms with Crippen LogP contribution >= 0.6 is 0 Å². The summed E-state index contributed by atoms with van der Waals surface area (Å²) in [5.41, 5.74) is 1.07. The molecule has 0 amide bonds. The molecule has 3 nitrogen and oxygen atoms in total. The third-order valence-electron chi connectivity index (χ3n) is 3.00. The molecule has 19 heavy (non-hydrogen) atoms. The molecule has 0 radical (unpaired) electrons. The van der Waals surface area contributed by atoms with Gasteiger partial charge in [0.2, 0.25) is 0 Å². The van der Waals surface area contributed by atoms with Crippen LogP contribution in [0.5, 0.6) is 5.88 Å². The maximum Gasteiger partial charge on any atom is 0.379 e. The van der Waals surface area contributed by atoms with E-state index < -0.39 is 8.07 Å². The first kappa shape index (κ1) is 13.6. The van der Waals surface area contributed by atoms with Crippen molar-refractivity contribution < 1.29 is 9.47 Å². The molecule has 0 saturated carbocycles. The van der Waals surface area contributed by atoms with Gasteiger partial charge in [-0.2, -0.15) is 0 Å². The van der Waals surface area contributed by atoms with E-state index in [-0.39, 0.29) is 0 Å². The molecule has 1 aromatic carbocycles. The van der Waals surface area contributed by atoms with Crippen LogP contribution in [-0.4, -0.2) is 8.07 Å². The van der Waals surface area contributed by atoms with E-state index >= 15 is 0 Å². The van der Waals surface area contributed by atoms with Crippen LogP contribution in [0.2, 0.25) is 19.6 Å². The topological polar surface area (TPSA) is 36.2 Å². The molecule has 2 aromatic rings. The van der Waals surface area contributed by atoms with Crippen molar-refractivity contribution in [2.45, 2.75) is 26.2 Å². The van der Waals surface area contributed by atoms with Gasteiger partial charge in [0, 0.05) is 6.07 Å². The average molecular weight is 273 g/mol. The zero-order chi connectivity index (χ0) is 13.9. The number of pyridine rings is 1. The van der Waals surface area contributed by atoms with E-state index in [0.717, 1.165) is 10.3 Å². The van der Waals surface area contributed by atoms with Gasteiger partial charge in [-0.05, 0) is 11.6 Å². The highest BCUT2D eigenvalue weighted by Gasteiger charge is 2.15. The first-order valence-electron chi connectivity index (χ1n) is 6.37. The van der Waals surface area contributed by atoms with Gasteiger partial charge in [0.05, 0.1) is 14.1 Å². The second kappa shape index (κ2) is 5.44. The zero-order valence-corrected chi connectivity index (χ0v) is 12.6. The number of hydrogen-bond acceptors (Lipinski definition) is 2. The minimum absolute atomic E-state index is 0.330. The first-order valence-corrected chi connectivity index (χ1v) is 9.87. The Kier molecular flexibility index (Phi) is 3.90. The molecule has 0 bridgehead atoms. The molecule has 0 N–H and O–H groups in total. The molecule has 0 aliphatic heterocycles. The molecule has 0 fully saturated rings. The lowest BCUT2D eigenvalue weighted by Crippen LogP contribution is -2.37. The Hall–Kier alpha value is -1.81. The van der Waals surface area contributed by atoms with Crippen LogP contribution in [0.3, 0.4) is 0 Å². The Labute approximate surface area is 115 Å². The van der Waals surface area contributed by atoms with Crippen LogP contribution in [0.15, 0.2) is 48.7 Å². The number of hydrogen-bond donors (Lipinski definition) is 0. The van der Waals surface area contributed by atoms with E-state index in [1.807, 2.05) is 0 Å². The van der Waals surface area contributed by atoms with E-state index in [4.69, 9.17) is 4.74 Å². The van der Waals surface area contributed by atoms with Gasteiger partial charge in [0.15, 0.2) is 6.20 Å². The van der Waals surface area contributed by atoms with Crippen molar-refractivity contribution in [3.63, 3.8) is 0 Å². The minimum Gasteiger partial charge on any atom is -0.616 e. The normalized spacial score (nSPS) is 11.3. The number of aromatic nitrogens is 1. The summed E-state index contributed by atoms with van der Waals surface area (Å²) in [6.07, 6.45) is 1.43. The maximum atomic E-state index is 11.4. The van der Waals surface area contributed by atoms with Gasteiger partial charge in [0.1, 0.15) is 6.61 Å². The molecule has 4 heteroatoms. The molecule has 1 heterocycles. The van der Waals surface area contributed by atoms with Gasteiger partial charge >= 0.3 is 5.88 Å². The van der Waals surface area contributed by atoms with Gasteiger partial charge in [-0.25, -0.2) is 0 Å². The molecule has 0 saturated heterocycles. The highest BCUT2D eigenvalue weighted by Crippen LogP contribution is 2.08. The molecular formula is C15H19NO2Si. The van der Waals surface area contributed by atoms with E-state index in [1.165, 1.54) is 11.4 Å². The lowest BCUT2D eigenvalue weighted by atomic mass is 10.2. The van der Waals surface area contributed by atoms with Gasteiger partial charge in [0.25, 0.3) is 0 Å². The van der Waals surface area contributed by atoms with Gasteiger partial charge in [-0.15, -0.1) is 4.73 Å². The number of nitrogens with zero attached hydrogens (tertiary/aromatic N) is 1. The summed E-state index contributed by atoms with van der Waals surface area (Å²) in [5, 5.41) is 12.8. The highest BCUT2D eigenvalue weighted by molar-refractivity contribution is 6.88. The summed E-state index contributed by atoms with van der Waals surface area (Å²) in [4.78, 5) is 0. The maximum absolute atomic E-state index is 11.4. The molecule has 0 aliphatic rings. The van der Waals surface area contributed by atoms with Crippen LogP contribution in [0.4, 0.5) is 0 Å². The Balaban J connectivity index is 2.03. The van der Waals surface area contributed by atoms with Crippen LogP contribution in [0, 0.1) is 5.21 Å². The SMILES string of the molecule is C[Si](C)(C)c1ccc(COc2cccc[n+]2[O-])cc1. The first-order chi connectivity index (χ1) is 8.97. The van der Waals surface area contributed by atoms with Crippen LogP contribution in [0.25, 0.3) is 0 Å². The third-order valence-corrected chi connectivity index (χ3v) is 5.06. The average Bonchev–Trinajstić information content (AvgIpc) is 2.37. The molecule has 100 valence electrons. The fourth-order valence-electron chi connectivity index (χ4n) is 1.78. The van der Waals surface area contributed by atoms with Crippen molar-refractivity contribution >= 4 is 13.3 Å². The van der Waals surface area contributed by atoms with E-state index in [2.05, 4.69) is 43.9 Å². The molecule has 1 aromatic heterocycles. The Morgan fingerprint density at radius 1 is 1.05 bits per heavy atom. The van der Waals surface area contributed by atoms with Crippen molar-refractivity contribution in [3.8, 4) is 5.88 Å². The second-order valence-electron chi connectivity index (χ2n) is 5.60. The summed E-state index contributed by atoms with van der Waals surface area (Å²) >= 11 is 0.